The molecule has 1 aromatic rings. The van der Waals surface area contributed by atoms with E-state index in [4.69, 9.17) is 4.74 Å². The van der Waals surface area contributed by atoms with Gasteiger partial charge < -0.3 is 4.74 Å². The van der Waals surface area contributed by atoms with Crippen molar-refractivity contribution in [1.29, 1.82) is 0 Å². The highest BCUT2D eigenvalue weighted by Gasteiger charge is 2.32. The largest absolute Gasteiger partial charge is 0.381 e. The third kappa shape index (κ3) is 2.48. The van der Waals surface area contributed by atoms with Crippen LogP contribution in [0.15, 0.2) is 6.07 Å². The number of aromatic nitrogens is 2. The predicted octanol–water partition coefficient (Wildman–Crippen LogP) is 2.46. The van der Waals surface area contributed by atoms with Crippen LogP contribution < -0.4 is 0 Å². The molecule has 0 atom stereocenters. The summed E-state index contributed by atoms with van der Waals surface area (Å²) >= 11 is 3.67. The summed E-state index contributed by atoms with van der Waals surface area (Å²) in [5.41, 5.74) is 2.80. The van der Waals surface area contributed by atoms with Crippen molar-refractivity contribution >= 4 is 15.9 Å². The molecular weight excluding hydrogens is 268 g/mol. The lowest BCUT2D eigenvalue weighted by atomic mass is 9.78. The Morgan fingerprint density at radius 1 is 1.50 bits per heavy atom. The molecule has 4 heteroatoms. The van der Waals surface area contributed by atoms with Gasteiger partial charge in [0, 0.05) is 31.3 Å². The van der Waals surface area contributed by atoms with E-state index in [0.717, 1.165) is 43.5 Å². The van der Waals surface area contributed by atoms with Gasteiger partial charge in [-0.25, -0.2) is 0 Å². The molecule has 0 spiro atoms. The maximum absolute atomic E-state index is 5.46. The third-order valence-corrected chi connectivity index (χ3v) is 4.68. The number of hydrogen-bond acceptors (Lipinski definition) is 2. The first-order valence-corrected chi connectivity index (χ1v) is 6.91. The van der Waals surface area contributed by atoms with Crippen LogP contribution in [0.25, 0.3) is 0 Å². The Morgan fingerprint density at radius 3 is 2.69 bits per heavy atom. The van der Waals surface area contributed by atoms with Crippen LogP contribution in [-0.4, -0.2) is 28.3 Å². The summed E-state index contributed by atoms with van der Waals surface area (Å²) < 4.78 is 7.47. The lowest BCUT2D eigenvalue weighted by Gasteiger charge is -2.35. The normalized spacial score (nSPS) is 19.9. The van der Waals surface area contributed by atoms with Crippen molar-refractivity contribution in [2.45, 2.75) is 26.2 Å². The van der Waals surface area contributed by atoms with Crippen LogP contribution >= 0.6 is 15.9 Å². The zero-order valence-electron chi connectivity index (χ0n) is 10.0. The fourth-order valence-corrected chi connectivity index (χ4v) is 3.13. The second kappa shape index (κ2) is 4.88. The van der Waals surface area contributed by atoms with Crippen LogP contribution in [0.4, 0.5) is 0 Å². The summed E-state index contributed by atoms with van der Waals surface area (Å²) in [5.74, 6) is 0. The minimum Gasteiger partial charge on any atom is -0.381 e. The van der Waals surface area contributed by atoms with Crippen molar-refractivity contribution in [1.82, 2.24) is 9.78 Å². The molecule has 0 aromatic carbocycles. The molecule has 16 heavy (non-hydrogen) atoms. The smallest absolute Gasteiger partial charge is 0.0596 e. The summed E-state index contributed by atoms with van der Waals surface area (Å²) in [6.07, 6.45) is 3.38. The third-order valence-electron chi connectivity index (χ3n) is 3.49. The number of halogens is 1. The fraction of sp³-hybridized carbons (Fsp3) is 0.750. The average molecular weight is 287 g/mol. The number of ether oxygens (including phenoxy) is 1. The zero-order chi connectivity index (χ0) is 11.6. The monoisotopic (exact) mass is 286 g/mol. The summed E-state index contributed by atoms with van der Waals surface area (Å²) in [7, 11) is 2.03. The topological polar surface area (TPSA) is 27.1 Å². The Morgan fingerprint density at radius 2 is 2.19 bits per heavy atom. The van der Waals surface area contributed by atoms with Gasteiger partial charge in [0.15, 0.2) is 0 Å². The van der Waals surface area contributed by atoms with Gasteiger partial charge in [-0.1, -0.05) is 15.9 Å². The van der Waals surface area contributed by atoms with E-state index in [1.165, 1.54) is 5.69 Å². The summed E-state index contributed by atoms with van der Waals surface area (Å²) in [6.45, 7) is 3.83. The maximum atomic E-state index is 5.46. The molecular formula is C12H19BrN2O. The SMILES string of the molecule is Cc1cc(CC2(CBr)CCOCC2)n(C)n1. The van der Waals surface area contributed by atoms with E-state index in [1.807, 2.05) is 18.7 Å². The predicted molar refractivity (Wildman–Crippen MR) is 67.9 cm³/mol. The van der Waals surface area contributed by atoms with E-state index in [9.17, 15) is 0 Å². The molecule has 0 radical (unpaired) electrons. The van der Waals surface area contributed by atoms with Gasteiger partial charge in [-0.3, -0.25) is 4.68 Å². The molecule has 0 bridgehead atoms. The van der Waals surface area contributed by atoms with Crippen molar-refractivity contribution in [3.8, 4) is 0 Å². The summed E-state index contributed by atoms with van der Waals surface area (Å²) in [6, 6.07) is 2.19. The molecule has 2 rings (SSSR count). The van der Waals surface area contributed by atoms with Crippen LogP contribution in [0, 0.1) is 12.3 Å². The number of nitrogens with zero attached hydrogens (tertiary/aromatic N) is 2. The van der Waals surface area contributed by atoms with Crippen molar-refractivity contribution in [2.75, 3.05) is 18.5 Å². The average Bonchev–Trinajstić information content (AvgIpc) is 2.59. The molecule has 2 heterocycles. The zero-order valence-corrected chi connectivity index (χ0v) is 11.6. The van der Waals surface area contributed by atoms with Crippen LogP contribution in [0.2, 0.25) is 0 Å². The molecule has 90 valence electrons. The molecule has 1 saturated heterocycles. The Kier molecular flexibility index (Phi) is 3.70. The number of rotatable bonds is 3. The quantitative estimate of drug-likeness (QED) is 0.799. The number of aryl methyl sites for hydroxylation is 2. The van der Waals surface area contributed by atoms with Crippen molar-refractivity contribution in [3.05, 3.63) is 17.5 Å². The van der Waals surface area contributed by atoms with Gasteiger partial charge in [0.25, 0.3) is 0 Å². The van der Waals surface area contributed by atoms with Crippen LogP contribution in [0.3, 0.4) is 0 Å². The molecule has 0 aliphatic carbocycles. The highest BCUT2D eigenvalue weighted by atomic mass is 79.9. The van der Waals surface area contributed by atoms with Crippen molar-refractivity contribution in [2.24, 2.45) is 12.5 Å². The van der Waals surface area contributed by atoms with Crippen LogP contribution in [0.5, 0.6) is 0 Å². The van der Waals surface area contributed by atoms with Gasteiger partial charge in [0.05, 0.1) is 5.69 Å². The Hall–Kier alpha value is -0.350. The van der Waals surface area contributed by atoms with Crippen molar-refractivity contribution < 1.29 is 4.74 Å². The van der Waals surface area contributed by atoms with Gasteiger partial charge in [-0.15, -0.1) is 0 Å². The molecule has 1 aromatic heterocycles. The lowest BCUT2D eigenvalue weighted by molar-refractivity contribution is 0.0262. The Balaban J connectivity index is 2.14. The van der Waals surface area contributed by atoms with Crippen LogP contribution in [0.1, 0.15) is 24.2 Å². The molecule has 1 fully saturated rings. The van der Waals surface area contributed by atoms with E-state index in [2.05, 4.69) is 27.1 Å². The molecule has 0 amide bonds. The minimum absolute atomic E-state index is 0.360. The van der Waals surface area contributed by atoms with Gasteiger partial charge >= 0.3 is 0 Å². The highest BCUT2D eigenvalue weighted by molar-refractivity contribution is 9.09. The molecule has 0 unspecified atom stereocenters. The number of alkyl halides is 1. The van der Waals surface area contributed by atoms with Crippen LogP contribution in [-0.2, 0) is 18.2 Å². The van der Waals surface area contributed by atoms with Gasteiger partial charge in [-0.05, 0) is 37.7 Å². The second-order valence-corrected chi connectivity index (χ2v) is 5.38. The van der Waals surface area contributed by atoms with E-state index >= 15 is 0 Å². The molecule has 1 aliphatic heterocycles. The Bertz CT molecular complexity index is 356. The summed E-state index contributed by atoms with van der Waals surface area (Å²) in [4.78, 5) is 0. The minimum atomic E-state index is 0.360. The summed E-state index contributed by atoms with van der Waals surface area (Å²) in [5, 5.41) is 5.46. The van der Waals surface area contributed by atoms with Gasteiger partial charge in [0.2, 0.25) is 0 Å². The maximum Gasteiger partial charge on any atom is 0.0596 e. The van der Waals surface area contributed by atoms with Gasteiger partial charge in [-0.2, -0.15) is 5.10 Å². The first kappa shape index (κ1) is 12.1. The lowest BCUT2D eigenvalue weighted by Crippen LogP contribution is -2.33. The van der Waals surface area contributed by atoms with E-state index in [0.29, 0.717) is 5.41 Å². The fourth-order valence-electron chi connectivity index (χ4n) is 2.38. The molecule has 0 N–H and O–H groups in total. The number of hydrogen-bond donors (Lipinski definition) is 0. The Labute approximate surface area is 105 Å². The molecule has 3 nitrogen and oxygen atoms in total. The first-order valence-electron chi connectivity index (χ1n) is 5.78. The van der Waals surface area contributed by atoms with E-state index < -0.39 is 0 Å². The standard InChI is InChI=1S/C12H19BrN2O/c1-10-7-11(15(2)14-10)8-12(9-13)3-5-16-6-4-12/h7H,3-6,8-9H2,1-2H3. The second-order valence-electron chi connectivity index (χ2n) is 4.82. The van der Waals surface area contributed by atoms with Gasteiger partial charge in [0.1, 0.15) is 0 Å². The first-order chi connectivity index (χ1) is 7.65. The highest BCUT2D eigenvalue weighted by Crippen LogP contribution is 2.36. The molecule has 0 saturated carbocycles. The molecule has 1 aliphatic rings. The van der Waals surface area contributed by atoms with E-state index in [-0.39, 0.29) is 0 Å². The van der Waals surface area contributed by atoms with Crippen molar-refractivity contribution in [3.63, 3.8) is 0 Å². The van der Waals surface area contributed by atoms with E-state index in [1.54, 1.807) is 0 Å².